The van der Waals surface area contributed by atoms with Crippen molar-refractivity contribution in [1.82, 2.24) is 4.90 Å². The molecule has 2 N–H and O–H groups in total. The lowest BCUT2D eigenvalue weighted by Crippen LogP contribution is -2.41. The van der Waals surface area contributed by atoms with E-state index in [0.29, 0.717) is 23.8 Å². The van der Waals surface area contributed by atoms with Gasteiger partial charge in [-0.3, -0.25) is 4.79 Å². The SMILES string of the molecule is COc1ccc(C(=O)N2CCC(C(N)=S)CC2)c(F)c1. The molecule has 0 aliphatic carbocycles. The number of thiocarbonyl (C=S) groups is 1. The van der Waals surface area contributed by atoms with E-state index in [1.807, 2.05) is 0 Å². The predicted molar refractivity (Wildman–Crippen MR) is 78.4 cm³/mol. The summed E-state index contributed by atoms with van der Waals surface area (Å²) in [7, 11) is 1.46. The van der Waals surface area contributed by atoms with Gasteiger partial charge in [0.1, 0.15) is 11.6 Å². The summed E-state index contributed by atoms with van der Waals surface area (Å²) >= 11 is 4.96. The van der Waals surface area contributed by atoms with Crippen molar-refractivity contribution in [1.29, 1.82) is 0 Å². The smallest absolute Gasteiger partial charge is 0.256 e. The highest BCUT2D eigenvalue weighted by Crippen LogP contribution is 2.22. The van der Waals surface area contributed by atoms with E-state index < -0.39 is 5.82 Å². The molecule has 1 aromatic rings. The number of hydrogen-bond acceptors (Lipinski definition) is 3. The summed E-state index contributed by atoms with van der Waals surface area (Å²) in [6.45, 7) is 1.10. The molecule has 0 aromatic heterocycles. The highest BCUT2D eigenvalue weighted by molar-refractivity contribution is 7.80. The van der Waals surface area contributed by atoms with Crippen LogP contribution in [0.4, 0.5) is 4.39 Å². The number of piperidine rings is 1. The maximum atomic E-state index is 13.9. The highest BCUT2D eigenvalue weighted by Gasteiger charge is 2.26. The maximum Gasteiger partial charge on any atom is 0.256 e. The molecule has 0 radical (unpaired) electrons. The first-order valence-electron chi connectivity index (χ1n) is 6.45. The maximum absolute atomic E-state index is 13.9. The van der Waals surface area contributed by atoms with Crippen LogP contribution in [0.25, 0.3) is 0 Å². The molecule has 1 heterocycles. The van der Waals surface area contributed by atoms with Crippen molar-refractivity contribution >= 4 is 23.1 Å². The molecule has 1 aliphatic heterocycles. The van der Waals surface area contributed by atoms with Crippen LogP contribution in [0.1, 0.15) is 23.2 Å². The van der Waals surface area contributed by atoms with Crippen LogP contribution in [0, 0.1) is 11.7 Å². The van der Waals surface area contributed by atoms with Gasteiger partial charge < -0.3 is 15.4 Å². The van der Waals surface area contributed by atoms with Gasteiger partial charge in [-0.1, -0.05) is 12.2 Å². The Labute approximate surface area is 122 Å². The van der Waals surface area contributed by atoms with Gasteiger partial charge in [0.15, 0.2) is 0 Å². The molecule has 2 rings (SSSR count). The second-order valence-corrected chi connectivity index (χ2v) is 5.29. The van der Waals surface area contributed by atoms with Gasteiger partial charge in [0.05, 0.1) is 17.7 Å². The molecule has 0 saturated carbocycles. The van der Waals surface area contributed by atoms with E-state index in [2.05, 4.69) is 0 Å². The van der Waals surface area contributed by atoms with Crippen LogP contribution < -0.4 is 10.5 Å². The summed E-state index contributed by atoms with van der Waals surface area (Å²) in [6.07, 6.45) is 1.47. The zero-order valence-corrected chi connectivity index (χ0v) is 12.1. The molecule has 1 saturated heterocycles. The van der Waals surface area contributed by atoms with E-state index in [1.54, 1.807) is 11.0 Å². The van der Waals surface area contributed by atoms with Crippen molar-refractivity contribution in [3.8, 4) is 5.75 Å². The third-order valence-corrected chi connectivity index (χ3v) is 3.92. The van der Waals surface area contributed by atoms with Crippen LogP contribution in [0.15, 0.2) is 18.2 Å². The number of amides is 1. The third kappa shape index (κ3) is 3.07. The summed E-state index contributed by atoms with van der Waals surface area (Å²) < 4.78 is 18.8. The standard InChI is InChI=1S/C14H17FN2O2S/c1-19-10-2-3-11(12(15)8-10)14(18)17-6-4-9(5-7-17)13(16)20/h2-3,8-9H,4-7H2,1H3,(H2,16,20). The van der Waals surface area contributed by atoms with Crippen LogP contribution in [0.2, 0.25) is 0 Å². The molecule has 108 valence electrons. The van der Waals surface area contributed by atoms with Gasteiger partial charge in [-0.25, -0.2) is 4.39 Å². The van der Waals surface area contributed by atoms with Crippen molar-refractivity contribution in [2.75, 3.05) is 20.2 Å². The number of carbonyl (C=O) groups is 1. The molecule has 4 nitrogen and oxygen atoms in total. The Morgan fingerprint density at radius 3 is 2.60 bits per heavy atom. The van der Waals surface area contributed by atoms with Gasteiger partial charge in [0, 0.05) is 25.1 Å². The van der Waals surface area contributed by atoms with Crippen LogP contribution >= 0.6 is 12.2 Å². The van der Waals surface area contributed by atoms with E-state index >= 15 is 0 Å². The van der Waals surface area contributed by atoms with Crippen LogP contribution in [0.5, 0.6) is 5.75 Å². The molecule has 0 bridgehead atoms. The van der Waals surface area contributed by atoms with E-state index in [0.717, 1.165) is 12.8 Å². The van der Waals surface area contributed by atoms with Gasteiger partial charge >= 0.3 is 0 Å². The largest absolute Gasteiger partial charge is 0.497 e. The van der Waals surface area contributed by atoms with E-state index in [1.165, 1.54) is 19.2 Å². The molecule has 0 atom stereocenters. The Bertz CT molecular complexity index is 528. The normalized spacial score (nSPS) is 16.0. The summed E-state index contributed by atoms with van der Waals surface area (Å²) in [5, 5.41) is 0. The fourth-order valence-corrected chi connectivity index (χ4v) is 2.57. The number of methoxy groups -OCH3 is 1. The lowest BCUT2D eigenvalue weighted by Gasteiger charge is -2.31. The molecule has 1 aromatic carbocycles. The minimum absolute atomic E-state index is 0.0691. The number of ether oxygens (including phenoxy) is 1. The Balaban J connectivity index is 2.07. The van der Waals surface area contributed by atoms with Crippen LogP contribution in [-0.4, -0.2) is 36.0 Å². The first-order valence-corrected chi connectivity index (χ1v) is 6.86. The summed E-state index contributed by atoms with van der Waals surface area (Å²) in [6, 6.07) is 4.25. The van der Waals surface area contributed by atoms with Crippen molar-refractivity contribution in [3.05, 3.63) is 29.6 Å². The number of rotatable bonds is 3. The van der Waals surface area contributed by atoms with E-state index in [9.17, 15) is 9.18 Å². The number of benzene rings is 1. The van der Waals surface area contributed by atoms with Crippen LogP contribution in [-0.2, 0) is 0 Å². The van der Waals surface area contributed by atoms with Crippen LogP contribution in [0.3, 0.4) is 0 Å². The lowest BCUT2D eigenvalue weighted by atomic mass is 9.96. The van der Waals surface area contributed by atoms with Gasteiger partial charge in [-0.05, 0) is 25.0 Å². The summed E-state index contributed by atoms with van der Waals surface area (Å²) in [5.74, 6) is -0.293. The number of nitrogens with two attached hydrogens (primary N) is 1. The second kappa shape index (κ2) is 6.17. The fraction of sp³-hybridized carbons (Fsp3) is 0.429. The zero-order valence-electron chi connectivity index (χ0n) is 11.3. The molecular weight excluding hydrogens is 279 g/mol. The number of halogens is 1. The zero-order chi connectivity index (χ0) is 14.7. The fourth-order valence-electron chi connectivity index (χ4n) is 2.33. The average molecular weight is 296 g/mol. The van der Waals surface area contributed by atoms with Crippen molar-refractivity contribution in [2.24, 2.45) is 11.7 Å². The van der Waals surface area contributed by atoms with Gasteiger partial charge in [-0.2, -0.15) is 0 Å². The number of carbonyl (C=O) groups excluding carboxylic acids is 1. The first-order chi connectivity index (χ1) is 9.52. The number of hydrogen-bond donors (Lipinski definition) is 1. The predicted octanol–water partition coefficient (Wildman–Crippen LogP) is 1.97. The average Bonchev–Trinajstić information content (AvgIpc) is 2.46. The van der Waals surface area contributed by atoms with Gasteiger partial charge in [0.2, 0.25) is 0 Å². The summed E-state index contributed by atoms with van der Waals surface area (Å²) in [5.41, 5.74) is 5.68. The van der Waals surface area contributed by atoms with Crippen molar-refractivity contribution < 1.29 is 13.9 Å². The molecule has 1 fully saturated rings. The first kappa shape index (κ1) is 14.7. The monoisotopic (exact) mass is 296 g/mol. The minimum Gasteiger partial charge on any atom is -0.497 e. The van der Waals surface area contributed by atoms with E-state index in [4.69, 9.17) is 22.7 Å². The molecule has 0 unspecified atom stereocenters. The Kier molecular flexibility index (Phi) is 4.54. The topological polar surface area (TPSA) is 55.6 Å². The molecule has 0 spiro atoms. The number of nitrogens with zero attached hydrogens (tertiary/aromatic N) is 1. The molecular formula is C14H17FN2O2S. The lowest BCUT2D eigenvalue weighted by molar-refractivity contribution is 0.0705. The Hall–Kier alpha value is -1.69. The summed E-state index contributed by atoms with van der Waals surface area (Å²) in [4.78, 5) is 14.4. The van der Waals surface area contributed by atoms with Crippen molar-refractivity contribution in [3.63, 3.8) is 0 Å². The quantitative estimate of drug-likeness (QED) is 0.867. The van der Waals surface area contributed by atoms with Crippen molar-refractivity contribution in [2.45, 2.75) is 12.8 Å². The Morgan fingerprint density at radius 1 is 1.45 bits per heavy atom. The molecule has 1 aliphatic rings. The number of likely N-dealkylation sites (tertiary alicyclic amines) is 1. The van der Waals surface area contributed by atoms with E-state index in [-0.39, 0.29) is 17.4 Å². The Morgan fingerprint density at radius 2 is 2.10 bits per heavy atom. The molecule has 6 heteroatoms. The second-order valence-electron chi connectivity index (χ2n) is 4.81. The van der Waals surface area contributed by atoms with Gasteiger partial charge in [-0.15, -0.1) is 0 Å². The van der Waals surface area contributed by atoms with Gasteiger partial charge in [0.25, 0.3) is 5.91 Å². The molecule has 20 heavy (non-hydrogen) atoms. The third-order valence-electron chi connectivity index (χ3n) is 3.59. The highest BCUT2D eigenvalue weighted by atomic mass is 32.1. The minimum atomic E-state index is -0.564. The molecule has 1 amide bonds.